The van der Waals surface area contributed by atoms with Gasteiger partial charge in [-0.3, -0.25) is 0 Å². The molecule has 0 bridgehead atoms. The van der Waals surface area contributed by atoms with Gasteiger partial charge in [-0.25, -0.2) is 4.79 Å². The van der Waals surface area contributed by atoms with Crippen LogP contribution in [0, 0.1) is 0 Å². The third-order valence-corrected chi connectivity index (χ3v) is 3.45. The first-order chi connectivity index (χ1) is 9.60. The summed E-state index contributed by atoms with van der Waals surface area (Å²) in [5, 5.41) is 8.82. The Hall–Kier alpha value is -1.85. The first kappa shape index (κ1) is 14.6. The zero-order chi connectivity index (χ0) is 14.5. The zero-order valence-electron chi connectivity index (χ0n) is 10.7. The molecule has 104 valence electrons. The van der Waals surface area contributed by atoms with Crippen molar-refractivity contribution in [2.75, 3.05) is 0 Å². The predicted molar refractivity (Wildman–Crippen MR) is 79.8 cm³/mol. The number of hydrogen-bond acceptors (Lipinski definition) is 3. The van der Waals surface area contributed by atoms with Crippen molar-refractivity contribution < 1.29 is 14.6 Å². The highest BCUT2D eigenvalue weighted by Gasteiger charge is 2.04. The fourth-order valence-electron chi connectivity index (χ4n) is 1.69. The van der Waals surface area contributed by atoms with Gasteiger partial charge in [-0.2, -0.15) is 0 Å². The lowest BCUT2D eigenvalue weighted by atomic mass is 10.1. The minimum Gasteiger partial charge on any atom is -0.488 e. The Bertz CT molecular complexity index is 611. The van der Waals surface area contributed by atoms with E-state index in [1.165, 1.54) is 0 Å². The number of rotatable bonds is 5. The summed E-state index contributed by atoms with van der Waals surface area (Å²) in [5.74, 6) is -0.206. The zero-order valence-corrected chi connectivity index (χ0v) is 12.3. The summed E-state index contributed by atoms with van der Waals surface area (Å²) in [5.41, 5.74) is 7.76. The quantitative estimate of drug-likeness (QED) is 0.880. The second-order valence-corrected chi connectivity index (χ2v) is 5.11. The van der Waals surface area contributed by atoms with E-state index in [9.17, 15) is 4.79 Å². The third-order valence-electron chi connectivity index (χ3n) is 2.83. The van der Waals surface area contributed by atoms with Gasteiger partial charge < -0.3 is 15.6 Å². The van der Waals surface area contributed by atoms with Gasteiger partial charge in [-0.05, 0) is 51.3 Å². The lowest BCUT2D eigenvalue weighted by Gasteiger charge is -2.09. The number of carboxylic acid groups (broad SMARTS) is 1. The standard InChI is InChI=1S/C15H14BrNO3/c16-13-7-11(8-17)3-6-14(13)20-9-10-1-4-12(5-2-10)15(18)19/h1-7H,8-9,17H2,(H,18,19). The topological polar surface area (TPSA) is 72.5 Å². The number of halogens is 1. The van der Waals surface area contributed by atoms with Gasteiger partial charge in [0.25, 0.3) is 0 Å². The van der Waals surface area contributed by atoms with E-state index in [2.05, 4.69) is 15.9 Å². The highest BCUT2D eigenvalue weighted by atomic mass is 79.9. The maximum atomic E-state index is 10.7. The van der Waals surface area contributed by atoms with Gasteiger partial charge in [0.2, 0.25) is 0 Å². The number of carbonyl (C=O) groups is 1. The van der Waals surface area contributed by atoms with E-state index in [0.717, 1.165) is 21.3 Å². The molecule has 0 amide bonds. The highest BCUT2D eigenvalue weighted by molar-refractivity contribution is 9.10. The summed E-state index contributed by atoms with van der Waals surface area (Å²) in [6.45, 7) is 0.857. The van der Waals surface area contributed by atoms with Crippen molar-refractivity contribution in [1.29, 1.82) is 0 Å². The normalized spacial score (nSPS) is 10.3. The van der Waals surface area contributed by atoms with Crippen molar-refractivity contribution in [1.82, 2.24) is 0 Å². The molecule has 0 aromatic heterocycles. The molecule has 2 aromatic carbocycles. The van der Waals surface area contributed by atoms with Gasteiger partial charge >= 0.3 is 5.97 Å². The summed E-state index contributed by atoms with van der Waals surface area (Å²) < 4.78 is 6.54. The molecule has 5 heteroatoms. The minimum absolute atomic E-state index is 0.266. The first-order valence-corrected chi connectivity index (χ1v) is 6.83. The van der Waals surface area contributed by atoms with Gasteiger partial charge in [-0.15, -0.1) is 0 Å². The number of ether oxygens (including phenoxy) is 1. The van der Waals surface area contributed by atoms with Crippen LogP contribution in [-0.2, 0) is 13.2 Å². The van der Waals surface area contributed by atoms with E-state index >= 15 is 0 Å². The van der Waals surface area contributed by atoms with Crippen LogP contribution in [0.25, 0.3) is 0 Å². The Morgan fingerprint density at radius 3 is 2.35 bits per heavy atom. The van der Waals surface area contributed by atoms with Crippen LogP contribution in [0.1, 0.15) is 21.5 Å². The van der Waals surface area contributed by atoms with E-state index < -0.39 is 5.97 Å². The van der Waals surface area contributed by atoms with E-state index in [1.807, 2.05) is 18.2 Å². The molecule has 2 aromatic rings. The molecule has 3 N–H and O–H groups in total. The molecule has 0 fully saturated rings. The Kier molecular flexibility index (Phi) is 4.76. The molecule has 0 aliphatic carbocycles. The van der Waals surface area contributed by atoms with E-state index in [0.29, 0.717) is 13.2 Å². The fraction of sp³-hybridized carbons (Fsp3) is 0.133. The van der Waals surface area contributed by atoms with Gasteiger partial charge in [0.05, 0.1) is 10.0 Å². The molecule has 2 rings (SSSR count). The Morgan fingerprint density at radius 2 is 1.80 bits per heavy atom. The van der Waals surface area contributed by atoms with Crippen LogP contribution in [0.5, 0.6) is 5.75 Å². The number of nitrogens with two attached hydrogens (primary N) is 1. The lowest BCUT2D eigenvalue weighted by molar-refractivity contribution is 0.0697. The second kappa shape index (κ2) is 6.54. The maximum absolute atomic E-state index is 10.7. The smallest absolute Gasteiger partial charge is 0.335 e. The summed E-state index contributed by atoms with van der Waals surface area (Å²) in [7, 11) is 0. The van der Waals surface area contributed by atoms with E-state index in [4.69, 9.17) is 15.6 Å². The van der Waals surface area contributed by atoms with Gasteiger partial charge in [0, 0.05) is 6.54 Å². The van der Waals surface area contributed by atoms with Crippen LogP contribution in [-0.4, -0.2) is 11.1 Å². The van der Waals surface area contributed by atoms with Crippen molar-refractivity contribution in [2.24, 2.45) is 5.73 Å². The van der Waals surface area contributed by atoms with Crippen molar-refractivity contribution in [3.63, 3.8) is 0 Å². The average molecular weight is 336 g/mol. The van der Waals surface area contributed by atoms with Crippen LogP contribution in [0.3, 0.4) is 0 Å². The molecule has 4 nitrogen and oxygen atoms in total. The third kappa shape index (κ3) is 3.59. The Morgan fingerprint density at radius 1 is 1.15 bits per heavy atom. The van der Waals surface area contributed by atoms with Crippen LogP contribution >= 0.6 is 15.9 Å². The summed E-state index contributed by atoms with van der Waals surface area (Å²) in [4.78, 5) is 10.7. The van der Waals surface area contributed by atoms with Crippen molar-refractivity contribution in [2.45, 2.75) is 13.2 Å². The molecule has 0 unspecified atom stereocenters. The number of hydrogen-bond donors (Lipinski definition) is 2. The van der Waals surface area contributed by atoms with Gasteiger partial charge in [0.15, 0.2) is 0 Å². The Labute approximate surface area is 125 Å². The number of carboxylic acids is 1. The summed E-state index contributed by atoms with van der Waals surface area (Å²) >= 11 is 3.43. The molecule has 0 aliphatic rings. The van der Waals surface area contributed by atoms with Gasteiger partial charge in [0.1, 0.15) is 12.4 Å². The van der Waals surface area contributed by atoms with Crippen molar-refractivity contribution in [3.05, 3.63) is 63.6 Å². The molecular formula is C15H14BrNO3. The van der Waals surface area contributed by atoms with E-state index in [1.54, 1.807) is 24.3 Å². The molecule has 0 heterocycles. The molecule has 0 atom stereocenters. The minimum atomic E-state index is -0.933. The molecule has 0 saturated carbocycles. The van der Waals surface area contributed by atoms with Crippen LogP contribution < -0.4 is 10.5 Å². The molecular weight excluding hydrogens is 322 g/mol. The molecule has 0 aliphatic heterocycles. The molecule has 20 heavy (non-hydrogen) atoms. The van der Waals surface area contributed by atoms with Crippen LogP contribution in [0.15, 0.2) is 46.9 Å². The van der Waals surface area contributed by atoms with Crippen molar-refractivity contribution >= 4 is 21.9 Å². The number of benzene rings is 2. The van der Waals surface area contributed by atoms with Crippen LogP contribution in [0.4, 0.5) is 0 Å². The Balaban J connectivity index is 2.03. The molecule has 0 spiro atoms. The summed E-state index contributed by atoms with van der Waals surface area (Å²) in [6, 6.07) is 12.3. The fourth-order valence-corrected chi connectivity index (χ4v) is 2.23. The monoisotopic (exact) mass is 335 g/mol. The van der Waals surface area contributed by atoms with Crippen LogP contribution in [0.2, 0.25) is 0 Å². The lowest BCUT2D eigenvalue weighted by Crippen LogP contribution is -2.00. The summed E-state index contributed by atoms with van der Waals surface area (Å²) in [6.07, 6.45) is 0. The second-order valence-electron chi connectivity index (χ2n) is 4.26. The van der Waals surface area contributed by atoms with Crippen molar-refractivity contribution in [3.8, 4) is 5.75 Å². The largest absolute Gasteiger partial charge is 0.488 e. The predicted octanol–water partition coefficient (Wildman–Crippen LogP) is 3.19. The molecule has 0 radical (unpaired) electrons. The van der Waals surface area contributed by atoms with Gasteiger partial charge in [-0.1, -0.05) is 18.2 Å². The highest BCUT2D eigenvalue weighted by Crippen LogP contribution is 2.26. The first-order valence-electron chi connectivity index (χ1n) is 6.03. The molecule has 0 saturated heterocycles. The number of aromatic carboxylic acids is 1. The van der Waals surface area contributed by atoms with E-state index in [-0.39, 0.29) is 5.56 Å². The maximum Gasteiger partial charge on any atom is 0.335 e. The SMILES string of the molecule is NCc1ccc(OCc2ccc(C(=O)O)cc2)c(Br)c1. The average Bonchev–Trinajstić information content (AvgIpc) is 2.46.